The Morgan fingerprint density at radius 2 is 1.63 bits per heavy atom. The number of hydrogen-bond acceptors (Lipinski definition) is 6. The molecule has 0 aromatic heterocycles. The summed E-state index contributed by atoms with van der Waals surface area (Å²) < 4.78 is 25.9. The number of rotatable bonds is 9. The minimum atomic E-state index is -3.70. The SMILES string of the molecule is CC(=O)N1CCN(C(=O)CC[C@@H](CS(=O)(=O)Cc2ccccc2)C(=O)N2CCC[C@H]2C(=O)O)CC1. The van der Waals surface area contributed by atoms with E-state index >= 15 is 0 Å². The summed E-state index contributed by atoms with van der Waals surface area (Å²) in [5.41, 5.74) is 0.600. The third-order valence-corrected chi connectivity index (χ3v) is 8.32. The number of amides is 3. The zero-order chi connectivity index (χ0) is 25.6. The number of piperazine rings is 1. The molecule has 192 valence electrons. The molecule has 1 aromatic carbocycles. The zero-order valence-corrected chi connectivity index (χ0v) is 20.8. The van der Waals surface area contributed by atoms with Crippen LogP contribution in [-0.2, 0) is 34.8 Å². The Morgan fingerprint density at radius 3 is 2.23 bits per heavy atom. The predicted octanol–water partition coefficient (Wildman–Crippen LogP) is 0.764. The molecular weight excluding hydrogens is 474 g/mol. The highest BCUT2D eigenvalue weighted by Crippen LogP contribution is 2.24. The second kappa shape index (κ2) is 11.7. The van der Waals surface area contributed by atoms with Crippen LogP contribution in [0, 0.1) is 5.92 Å². The summed E-state index contributed by atoms with van der Waals surface area (Å²) in [4.78, 5) is 53.8. The molecule has 0 radical (unpaired) electrons. The fourth-order valence-electron chi connectivity index (χ4n) is 4.72. The van der Waals surface area contributed by atoms with E-state index in [2.05, 4.69) is 0 Å². The maximum Gasteiger partial charge on any atom is 0.326 e. The lowest BCUT2D eigenvalue weighted by atomic mass is 10.0. The van der Waals surface area contributed by atoms with E-state index < -0.39 is 39.4 Å². The lowest BCUT2D eigenvalue weighted by Gasteiger charge is -2.34. The third-order valence-electron chi connectivity index (χ3n) is 6.64. The summed E-state index contributed by atoms with van der Waals surface area (Å²) in [6.45, 7) is 3.37. The molecule has 0 aliphatic carbocycles. The van der Waals surface area contributed by atoms with Crippen molar-refractivity contribution in [2.24, 2.45) is 5.92 Å². The summed E-state index contributed by atoms with van der Waals surface area (Å²) in [6, 6.07) is 7.67. The Labute approximate surface area is 205 Å². The number of carbonyl (C=O) groups is 4. The van der Waals surface area contributed by atoms with E-state index in [0.717, 1.165) is 0 Å². The fraction of sp³-hybridized carbons (Fsp3) is 0.583. The number of hydrogen-bond donors (Lipinski definition) is 1. The molecule has 2 aliphatic heterocycles. The minimum Gasteiger partial charge on any atom is -0.480 e. The van der Waals surface area contributed by atoms with Gasteiger partial charge in [0, 0.05) is 46.1 Å². The number of carboxylic acid groups (broad SMARTS) is 1. The lowest BCUT2D eigenvalue weighted by molar-refractivity contribution is -0.150. The highest BCUT2D eigenvalue weighted by atomic mass is 32.2. The van der Waals surface area contributed by atoms with Crippen LogP contribution in [0.2, 0.25) is 0 Å². The summed E-state index contributed by atoms with van der Waals surface area (Å²) >= 11 is 0. The first kappa shape index (κ1) is 26.7. The van der Waals surface area contributed by atoms with E-state index in [0.29, 0.717) is 44.6 Å². The van der Waals surface area contributed by atoms with Gasteiger partial charge in [-0.15, -0.1) is 0 Å². The van der Waals surface area contributed by atoms with Gasteiger partial charge in [-0.3, -0.25) is 14.4 Å². The lowest BCUT2D eigenvalue weighted by Crippen LogP contribution is -2.50. The van der Waals surface area contributed by atoms with Gasteiger partial charge in [0.1, 0.15) is 6.04 Å². The van der Waals surface area contributed by atoms with Gasteiger partial charge in [0.25, 0.3) is 0 Å². The van der Waals surface area contributed by atoms with Crippen LogP contribution in [0.1, 0.15) is 38.2 Å². The van der Waals surface area contributed by atoms with Gasteiger partial charge in [-0.05, 0) is 24.8 Å². The molecule has 2 aliphatic rings. The Balaban J connectivity index is 1.70. The zero-order valence-electron chi connectivity index (χ0n) is 20.0. The van der Waals surface area contributed by atoms with Crippen molar-refractivity contribution in [2.75, 3.05) is 38.5 Å². The molecule has 2 atom stereocenters. The molecule has 3 amide bonds. The van der Waals surface area contributed by atoms with Crippen molar-refractivity contribution in [3.05, 3.63) is 35.9 Å². The topological polar surface area (TPSA) is 132 Å². The van der Waals surface area contributed by atoms with E-state index in [1.165, 1.54) is 11.8 Å². The smallest absolute Gasteiger partial charge is 0.326 e. The Morgan fingerprint density at radius 1 is 1.00 bits per heavy atom. The number of benzene rings is 1. The van der Waals surface area contributed by atoms with Crippen molar-refractivity contribution in [2.45, 2.75) is 44.4 Å². The first-order valence-electron chi connectivity index (χ1n) is 11.9. The maximum absolute atomic E-state index is 13.3. The molecule has 10 nitrogen and oxygen atoms in total. The monoisotopic (exact) mass is 507 g/mol. The Kier molecular flexibility index (Phi) is 8.87. The van der Waals surface area contributed by atoms with Gasteiger partial charge >= 0.3 is 5.97 Å². The predicted molar refractivity (Wildman–Crippen MR) is 128 cm³/mol. The van der Waals surface area contributed by atoms with Gasteiger partial charge < -0.3 is 19.8 Å². The van der Waals surface area contributed by atoms with Crippen molar-refractivity contribution in [3.63, 3.8) is 0 Å². The van der Waals surface area contributed by atoms with Crippen molar-refractivity contribution >= 4 is 33.5 Å². The molecule has 1 N–H and O–H groups in total. The fourth-order valence-corrected chi connectivity index (χ4v) is 6.46. The largest absolute Gasteiger partial charge is 0.480 e. The first-order chi connectivity index (χ1) is 16.6. The normalized spacial score (nSPS) is 19.5. The number of sulfone groups is 1. The van der Waals surface area contributed by atoms with Gasteiger partial charge in [-0.2, -0.15) is 0 Å². The summed E-state index contributed by atoms with van der Waals surface area (Å²) in [6.07, 6.45) is 0.847. The molecule has 2 heterocycles. The minimum absolute atomic E-state index is 0.0153. The summed E-state index contributed by atoms with van der Waals surface area (Å²) in [7, 11) is -3.70. The third kappa shape index (κ3) is 7.27. The van der Waals surface area contributed by atoms with E-state index in [9.17, 15) is 32.7 Å². The van der Waals surface area contributed by atoms with Crippen LogP contribution < -0.4 is 0 Å². The molecule has 0 spiro atoms. The molecule has 35 heavy (non-hydrogen) atoms. The van der Waals surface area contributed by atoms with Crippen LogP contribution in [-0.4, -0.2) is 96.4 Å². The Bertz CT molecular complexity index is 1040. The standard InChI is InChI=1S/C24H33N3O7S/c1-18(28)25-12-14-26(15-13-25)22(29)10-9-20(23(30)27-11-5-8-21(27)24(31)32)17-35(33,34)16-19-6-3-2-4-7-19/h2-4,6-7,20-21H,5,8-17H2,1H3,(H,31,32)/t20-,21-/m0/s1. The van der Waals surface area contributed by atoms with Crippen molar-refractivity contribution < 1.29 is 32.7 Å². The maximum atomic E-state index is 13.3. The molecule has 3 rings (SSSR count). The summed E-state index contributed by atoms with van der Waals surface area (Å²) in [5.74, 6) is -3.59. The average molecular weight is 508 g/mol. The van der Waals surface area contributed by atoms with Crippen LogP contribution in [0.25, 0.3) is 0 Å². The molecule has 0 bridgehead atoms. The number of likely N-dealkylation sites (tertiary alicyclic amines) is 1. The first-order valence-corrected chi connectivity index (χ1v) is 13.7. The van der Waals surface area contributed by atoms with Crippen LogP contribution >= 0.6 is 0 Å². The Hall–Kier alpha value is -2.95. The van der Waals surface area contributed by atoms with Gasteiger partial charge in [0.2, 0.25) is 17.7 Å². The number of aliphatic carboxylic acids is 1. The van der Waals surface area contributed by atoms with E-state index in [-0.39, 0.29) is 37.0 Å². The van der Waals surface area contributed by atoms with Crippen molar-refractivity contribution in [1.29, 1.82) is 0 Å². The van der Waals surface area contributed by atoms with Gasteiger partial charge in [0.15, 0.2) is 9.84 Å². The van der Waals surface area contributed by atoms with Crippen LogP contribution in [0.15, 0.2) is 30.3 Å². The van der Waals surface area contributed by atoms with Crippen molar-refractivity contribution in [3.8, 4) is 0 Å². The molecular formula is C24H33N3O7S. The van der Waals surface area contributed by atoms with Crippen LogP contribution in [0.3, 0.4) is 0 Å². The number of nitrogens with zero attached hydrogens (tertiary/aromatic N) is 3. The van der Waals surface area contributed by atoms with Crippen molar-refractivity contribution in [1.82, 2.24) is 14.7 Å². The van der Waals surface area contributed by atoms with E-state index in [1.807, 2.05) is 0 Å². The molecule has 0 unspecified atom stereocenters. The van der Waals surface area contributed by atoms with Gasteiger partial charge in [0.05, 0.1) is 17.4 Å². The van der Waals surface area contributed by atoms with Gasteiger partial charge in [-0.25, -0.2) is 13.2 Å². The van der Waals surface area contributed by atoms with Crippen LogP contribution in [0.4, 0.5) is 0 Å². The molecule has 2 saturated heterocycles. The molecule has 11 heteroatoms. The second-order valence-corrected chi connectivity index (χ2v) is 11.3. The second-order valence-electron chi connectivity index (χ2n) is 9.19. The number of carbonyl (C=O) groups excluding carboxylic acids is 3. The molecule has 1 aromatic rings. The van der Waals surface area contributed by atoms with E-state index in [4.69, 9.17) is 0 Å². The highest BCUT2D eigenvalue weighted by molar-refractivity contribution is 7.90. The quantitative estimate of drug-likeness (QED) is 0.522. The average Bonchev–Trinajstić information content (AvgIpc) is 3.32. The van der Waals surface area contributed by atoms with E-state index in [1.54, 1.807) is 40.1 Å². The highest BCUT2D eigenvalue weighted by Gasteiger charge is 2.39. The van der Waals surface area contributed by atoms with Gasteiger partial charge in [-0.1, -0.05) is 30.3 Å². The summed E-state index contributed by atoms with van der Waals surface area (Å²) in [5, 5.41) is 9.49. The molecule has 0 saturated carbocycles. The number of carboxylic acids is 1. The molecule has 2 fully saturated rings. The van der Waals surface area contributed by atoms with Crippen LogP contribution in [0.5, 0.6) is 0 Å².